The zero-order valence-electron chi connectivity index (χ0n) is 13.9. The summed E-state index contributed by atoms with van der Waals surface area (Å²) in [5.41, 5.74) is 0.842. The van der Waals surface area contributed by atoms with Crippen LogP contribution in [0.15, 0.2) is 68.7 Å². The lowest BCUT2D eigenvalue weighted by atomic mass is 9.99. The molecule has 0 saturated carbocycles. The van der Waals surface area contributed by atoms with Crippen molar-refractivity contribution in [3.05, 3.63) is 70.6 Å². The van der Waals surface area contributed by atoms with Crippen LogP contribution in [0.5, 0.6) is 5.75 Å². The highest BCUT2D eigenvalue weighted by Crippen LogP contribution is 2.25. The minimum Gasteiger partial charge on any atom is -0.423 e. The van der Waals surface area contributed by atoms with E-state index < -0.39 is 15.7 Å². The van der Waals surface area contributed by atoms with Gasteiger partial charge in [0.05, 0.1) is 0 Å². The molecule has 3 rings (SSSR count). The highest BCUT2D eigenvalue weighted by Gasteiger charge is 2.17. The molecule has 0 N–H and O–H groups in total. The van der Waals surface area contributed by atoms with Crippen molar-refractivity contribution in [1.29, 1.82) is 0 Å². The molecule has 0 fully saturated rings. The van der Waals surface area contributed by atoms with Crippen LogP contribution in [0.2, 0.25) is 0 Å². The van der Waals surface area contributed by atoms with Crippen molar-refractivity contribution in [3.8, 4) is 5.75 Å². The molecule has 6 heteroatoms. The predicted molar refractivity (Wildman–Crippen MR) is 95.4 cm³/mol. The van der Waals surface area contributed by atoms with Crippen LogP contribution in [0.1, 0.15) is 31.7 Å². The van der Waals surface area contributed by atoms with Gasteiger partial charge in [0.1, 0.15) is 16.2 Å². The second-order valence-corrected chi connectivity index (χ2v) is 7.42. The molecule has 130 valence electrons. The monoisotopic (exact) mass is 358 g/mol. The maximum Gasteiger partial charge on any atom is 0.339 e. The van der Waals surface area contributed by atoms with Crippen LogP contribution in [-0.2, 0) is 10.1 Å². The van der Waals surface area contributed by atoms with Gasteiger partial charge in [-0.2, -0.15) is 8.42 Å². The molecule has 3 aromatic rings. The summed E-state index contributed by atoms with van der Waals surface area (Å²) in [4.78, 5) is 11.4. The number of hydrogen-bond acceptors (Lipinski definition) is 5. The van der Waals surface area contributed by atoms with E-state index in [1.807, 2.05) is 0 Å². The predicted octanol–water partition coefficient (Wildman–Crippen LogP) is 4.07. The van der Waals surface area contributed by atoms with Gasteiger partial charge in [-0.05, 0) is 48.2 Å². The Hall–Kier alpha value is -2.60. The Morgan fingerprint density at radius 3 is 2.40 bits per heavy atom. The van der Waals surface area contributed by atoms with Crippen LogP contribution in [0, 0.1) is 0 Å². The first kappa shape index (κ1) is 17.2. The Morgan fingerprint density at radius 1 is 1.04 bits per heavy atom. The second-order valence-electron chi connectivity index (χ2n) is 5.87. The van der Waals surface area contributed by atoms with Crippen molar-refractivity contribution in [3.63, 3.8) is 0 Å². The molecule has 0 amide bonds. The van der Waals surface area contributed by atoms with E-state index >= 15 is 0 Å². The van der Waals surface area contributed by atoms with Gasteiger partial charge >= 0.3 is 15.7 Å². The minimum absolute atomic E-state index is 0.0779. The van der Waals surface area contributed by atoms with E-state index in [2.05, 4.69) is 13.8 Å². The van der Waals surface area contributed by atoms with E-state index in [0.717, 1.165) is 12.0 Å². The van der Waals surface area contributed by atoms with Gasteiger partial charge in [-0.15, -0.1) is 0 Å². The molecule has 1 atom stereocenters. The number of benzene rings is 2. The molecule has 0 aliphatic carbocycles. The summed E-state index contributed by atoms with van der Waals surface area (Å²) >= 11 is 0. The molecule has 0 saturated heterocycles. The quantitative estimate of drug-likeness (QED) is 0.508. The Morgan fingerprint density at radius 2 is 1.72 bits per heavy atom. The third kappa shape index (κ3) is 3.74. The molecule has 0 spiro atoms. The average molecular weight is 358 g/mol. The van der Waals surface area contributed by atoms with Crippen LogP contribution in [-0.4, -0.2) is 8.42 Å². The van der Waals surface area contributed by atoms with Crippen LogP contribution in [0.3, 0.4) is 0 Å². The molecule has 1 aromatic heterocycles. The standard InChI is InChI=1S/C19H18O5S/c1-3-13(2)14-5-9-17(10-6-14)25(21,22)24-16-8-4-15-7-11-19(20)23-18(15)12-16/h4-13H,3H2,1-2H3. The van der Waals surface area contributed by atoms with E-state index in [1.165, 1.54) is 30.3 Å². The maximum absolute atomic E-state index is 12.4. The van der Waals surface area contributed by atoms with E-state index in [9.17, 15) is 13.2 Å². The number of hydrogen-bond donors (Lipinski definition) is 0. The normalized spacial score (nSPS) is 12.9. The van der Waals surface area contributed by atoms with Crippen LogP contribution in [0.25, 0.3) is 11.0 Å². The molecule has 0 aliphatic rings. The molecule has 1 heterocycles. The number of rotatable bonds is 5. The largest absolute Gasteiger partial charge is 0.423 e. The molecular formula is C19H18O5S. The summed E-state index contributed by atoms with van der Waals surface area (Å²) in [6.07, 6.45) is 0.977. The van der Waals surface area contributed by atoms with Crippen molar-refractivity contribution in [2.45, 2.75) is 31.1 Å². The molecule has 1 unspecified atom stereocenters. The van der Waals surface area contributed by atoms with Crippen molar-refractivity contribution < 1.29 is 17.0 Å². The van der Waals surface area contributed by atoms with Crippen molar-refractivity contribution in [1.82, 2.24) is 0 Å². The SMILES string of the molecule is CCC(C)c1ccc(S(=O)(=O)Oc2ccc3ccc(=O)oc3c2)cc1. The van der Waals surface area contributed by atoms with Crippen molar-refractivity contribution in [2.75, 3.05) is 0 Å². The Balaban J connectivity index is 1.89. The molecule has 2 aromatic carbocycles. The van der Waals surface area contributed by atoms with Gasteiger partial charge in [0, 0.05) is 17.5 Å². The fourth-order valence-corrected chi connectivity index (χ4v) is 3.39. The Bertz CT molecular complexity index is 1050. The summed E-state index contributed by atoms with van der Waals surface area (Å²) in [6, 6.07) is 14.1. The molecule has 0 bridgehead atoms. The second kappa shape index (κ2) is 6.72. The van der Waals surface area contributed by atoms with Crippen LogP contribution < -0.4 is 9.81 Å². The number of fused-ring (bicyclic) bond motifs is 1. The van der Waals surface area contributed by atoms with Gasteiger partial charge in [0.2, 0.25) is 0 Å². The van der Waals surface area contributed by atoms with Gasteiger partial charge in [0.25, 0.3) is 0 Å². The Kier molecular flexibility index (Phi) is 4.63. The fourth-order valence-electron chi connectivity index (χ4n) is 2.47. The van der Waals surface area contributed by atoms with Gasteiger partial charge in [-0.25, -0.2) is 4.79 Å². The van der Waals surface area contributed by atoms with E-state index in [0.29, 0.717) is 11.3 Å². The lowest BCUT2D eigenvalue weighted by Crippen LogP contribution is -2.10. The first-order valence-electron chi connectivity index (χ1n) is 7.97. The zero-order chi connectivity index (χ0) is 18.0. The summed E-state index contributed by atoms with van der Waals surface area (Å²) < 4.78 is 35.1. The molecule has 0 radical (unpaired) electrons. The van der Waals surface area contributed by atoms with E-state index in [1.54, 1.807) is 24.3 Å². The summed E-state index contributed by atoms with van der Waals surface area (Å²) in [7, 11) is -3.96. The highest BCUT2D eigenvalue weighted by molar-refractivity contribution is 7.87. The average Bonchev–Trinajstić information content (AvgIpc) is 2.60. The summed E-state index contributed by atoms with van der Waals surface area (Å²) in [5, 5.41) is 0.683. The van der Waals surface area contributed by atoms with Gasteiger partial charge in [-0.1, -0.05) is 26.0 Å². The summed E-state index contributed by atoms with van der Waals surface area (Å²) in [5.74, 6) is 0.453. The van der Waals surface area contributed by atoms with Gasteiger partial charge in [0.15, 0.2) is 0 Å². The first-order valence-corrected chi connectivity index (χ1v) is 9.38. The molecule has 25 heavy (non-hydrogen) atoms. The van der Waals surface area contributed by atoms with Gasteiger partial charge in [-0.3, -0.25) is 0 Å². The Labute approximate surface area is 146 Å². The van der Waals surface area contributed by atoms with Gasteiger partial charge < -0.3 is 8.60 Å². The zero-order valence-corrected chi connectivity index (χ0v) is 14.7. The van der Waals surface area contributed by atoms with E-state index in [-0.39, 0.29) is 16.2 Å². The molecular weight excluding hydrogens is 340 g/mol. The third-order valence-electron chi connectivity index (χ3n) is 4.15. The highest BCUT2D eigenvalue weighted by atomic mass is 32.2. The van der Waals surface area contributed by atoms with Crippen LogP contribution >= 0.6 is 0 Å². The molecule has 5 nitrogen and oxygen atoms in total. The van der Waals surface area contributed by atoms with Crippen LogP contribution in [0.4, 0.5) is 0 Å². The summed E-state index contributed by atoms with van der Waals surface area (Å²) in [6.45, 7) is 4.17. The molecule has 0 aliphatic heterocycles. The lowest BCUT2D eigenvalue weighted by molar-refractivity contribution is 0.485. The van der Waals surface area contributed by atoms with Crippen molar-refractivity contribution >= 4 is 21.1 Å². The lowest BCUT2D eigenvalue weighted by Gasteiger charge is -2.11. The van der Waals surface area contributed by atoms with Crippen molar-refractivity contribution in [2.24, 2.45) is 0 Å². The fraction of sp³-hybridized carbons (Fsp3) is 0.211. The maximum atomic E-state index is 12.4. The minimum atomic E-state index is -3.96. The first-order chi connectivity index (χ1) is 11.9. The third-order valence-corrected chi connectivity index (χ3v) is 5.41. The smallest absolute Gasteiger partial charge is 0.339 e. The topological polar surface area (TPSA) is 73.6 Å². The van der Waals surface area contributed by atoms with E-state index in [4.69, 9.17) is 8.60 Å².